The maximum atomic E-state index is 3.70. The standard InChI is InChI=1S/C40H40Br2S4/c1-3-5-7-10-16-28-24-37(27-14-12-9-13-15-27)45-39(28)35-20-18-33(43-35)34-19-21-36(44-34)40-29(17-11-8-6-4-2)25-38(46-40)30-22-31(41)26-32(42)23-30/h9,12-15,18-26H,3-8,10-11,16-17H2,1-2H3. The summed E-state index contributed by atoms with van der Waals surface area (Å²) in [5.41, 5.74) is 5.60. The minimum Gasteiger partial charge on any atom is -0.134 e. The molecular weight excluding hydrogens is 769 g/mol. The molecule has 0 radical (unpaired) electrons. The van der Waals surface area contributed by atoms with Crippen molar-refractivity contribution in [3.8, 4) is 50.1 Å². The number of unbranched alkanes of at least 4 members (excludes halogenated alkanes) is 6. The van der Waals surface area contributed by atoms with Gasteiger partial charge in [-0.25, -0.2) is 0 Å². The Kier molecular flexibility index (Phi) is 12.3. The molecule has 6 rings (SSSR count). The van der Waals surface area contributed by atoms with Gasteiger partial charge in [0.1, 0.15) is 0 Å². The molecule has 46 heavy (non-hydrogen) atoms. The first-order chi connectivity index (χ1) is 22.5. The lowest BCUT2D eigenvalue weighted by Crippen LogP contribution is -1.85. The molecule has 0 spiro atoms. The van der Waals surface area contributed by atoms with Gasteiger partial charge in [0.25, 0.3) is 0 Å². The molecule has 0 unspecified atom stereocenters. The molecule has 4 aromatic heterocycles. The Bertz CT molecular complexity index is 1830. The summed E-state index contributed by atoms with van der Waals surface area (Å²) >= 11 is 15.2. The molecule has 0 aliphatic heterocycles. The van der Waals surface area contributed by atoms with Crippen LogP contribution < -0.4 is 0 Å². The van der Waals surface area contributed by atoms with E-state index in [1.807, 2.05) is 45.3 Å². The van der Waals surface area contributed by atoms with Gasteiger partial charge in [0.2, 0.25) is 0 Å². The van der Waals surface area contributed by atoms with Gasteiger partial charge in [-0.3, -0.25) is 0 Å². The summed E-state index contributed by atoms with van der Waals surface area (Å²) in [5, 5.41) is 0. The quantitative estimate of drug-likeness (QED) is 0.0907. The molecule has 0 aliphatic carbocycles. The van der Waals surface area contributed by atoms with Crippen LogP contribution in [0.1, 0.15) is 76.3 Å². The van der Waals surface area contributed by atoms with Gasteiger partial charge in [-0.2, -0.15) is 0 Å². The zero-order valence-corrected chi connectivity index (χ0v) is 33.0. The van der Waals surface area contributed by atoms with E-state index in [0.717, 1.165) is 21.8 Å². The van der Waals surface area contributed by atoms with Gasteiger partial charge < -0.3 is 0 Å². The van der Waals surface area contributed by atoms with Crippen molar-refractivity contribution in [2.45, 2.75) is 78.1 Å². The molecule has 0 atom stereocenters. The number of halogens is 2. The molecule has 0 saturated heterocycles. The van der Waals surface area contributed by atoms with E-state index in [1.165, 1.54) is 113 Å². The van der Waals surface area contributed by atoms with Crippen LogP contribution in [0, 0.1) is 0 Å². The molecule has 2 aromatic carbocycles. The Balaban J connectivity index is 1.29. The summed E-state index contributed by atoms with van der Waals surface area (Å²) in [6.07, 6.45) is 12.6. The van der Waals surface area contributed by atoms with Crippen molar-refractivity contribution in [2.75, 3.05) is 0 Å². The van der Waals surface area contributed by atoms with Crippen LogP contribution in [0.2, 0.25) is 0 Å². The van der Waals surface area contributed by atoms with Gasteiger partial charge >= 0.3 is 0 Å². The number of aryl methyl sites for hydroxylation is 2. The Labute approximate surface area is 307 Å². The number of hydrogen-bond acceptors (Lipinski definition) is 4. The summed E-state index contributed by atoms with van der Waals surface area (Å²) in [5.74, 6) is 0. The van der Waals surface area contributed by atoms with E-state index in [9.17, 15) is 0 Å². The highest BCUT2D eigenvalue weighted by molar-refractivity contribution is 9.11. The third kappa shape index (κ3) is 8.43. The Morgan fingerprint density at radius 3 is 1.41 bits per heavy atom. The number of benzene rings is 2. The minimum absolute atomic E-state index is 1.11. The van der Waals surface area contributed by atoms with Crippen LogP contribution in [0.15, 0.2) is 93.9 Å². The van der Waals surface area contributed by atoms with Crippen LogP contribution in [-0.2, 0) is 12.8 Å². The van der Waals surface area contributed by atoms with Crippen molar-refractivity contribution < 1.29 is 0 Å². The molecule has 0 nitrogen and oxygen atoms in total. The van der Waals surface area contributed by atoms with E-state index >= 15 is 0 Å². The fourth-order valence-electron chi connectivity index (χ4n) is 5.90. The van der Waals surface area contributed by atoms with Crippen LogP contribution >= 0.6 is 77.2 Å². The maximum Gasteiger partial charge on any atom is 0.0481 e. The molecule has 0 amide bonds. The molecule has 0 N–H and O–H groups in total. The third-order valence-electron chi connectivity index (χ3n) is 8.33. The summed E-state index contributed by atoms with van der Waals surface area (Å²) < 4.78 is 2.21. The second-order valence-corrected chi connectivity index (χ2v) is 18.0. The van der Waals surface area contributed by atoms with Gasteiger partial charge in [0, 0.05) is 48.0 Å². The molecular formula is C40H40Br2S4. The van der Waals surface area contributed by atoms with Crippen LogP contribution in [0.5, 0.6) is 0 Å². The molecule has 0 saturated carbocycles. The molecule has 238 valence electrons. The van der Waals surface area contributed by atoms with E-state index in [1.54, 1.807) is 0 Å². The van der Waals surface area contributed by atoms with E-state index in [0.29, 0.717) is 0 Å². The first-order valence-electron chi connectivity index (χ1n) is 16.5. The molecule has 0 aliphatic rings. The smallest absolute Gasteiger partial charge is 0.0481 e. The van der Waals surface area contributed by atoms with Gasteiger partial charge in [0.05, 0.1) is 0 Å². The molecule has 6 heteroatoms. The summed E-state index contributed by atoms with van der Waals surface area (Å²) in [6, 6.07) is 31.8. The Morgan fingerprint density at radius 2 is 0.913 bits per heavy atom. The first kappa shape index (κ1) is 34.1. The zero-order chi connectivity index (χ0) is 31.9. The average Bonchev–Trinajstić information content (AvgIpc) is 3.87. The monoisotopic (exact) mass is 806 g/mol. The number of rotatable bonds is 15. The van der Waals surface area contributed by atoms with Crippen molar-refractivity contribution in [3.05, 3.63) is 105 Å². The first-order valence-corrected chi connectivity index (χ1v) is 21.4. The third-order valence-corrected chi connectivity index (χ3v) is 14.4. The highest BCUT2D eigenvalue weighted by Gasteiger charge is 2.18. The minimum atomic E-state index is 1.11. The SMILES string of the molecule is CCCCCCc1cc(-c2ccccc2)sc1-c1ccc(-c2ccc(-c3sc(-c4cc(Br)cc(Br)c4)cc3CCCCCC)s2)s1. The summed E-state index contributed by atoms with van der Waals surface area (Å²) in [6.45, 7) is 4.58. The largest absolute Gasteiger partial charge is 0.134 e. The van der Waals surface area contributed by atoms with E-state index < -0.39 is 0 Å². The topological polar surface area (TPSA) is 0 Å². The second-order valence-electron chi connectivity index (χ2n) is 11.9. The number of hydrogen-bond donors (Lipinski definition) is 0. The Hall–Kier alpha value is -1.80. The predicted molar refractivity (Wildman–Crippen MR) is 216 cm³/mol. The van der Waals surface area contributed by atoms with Crippen molar-refractivity contribution >= 4 is 77.2 Å². The van der Waals surface area contributed by atoms with Gasteiger partial charge in [0.15, 0.2) is 0 Å². The normalized spacial score (nSPS) is 11.5. The van der Waals surface area contributed by atoms with Crippen molar-refractivity contribution in [2.24, 2.45) is 0 Å². The average molecular weight is 809 g/mol. The van der Waals surface area contributed by atoms with E-state index in [4.69, 9.17) is 0 Å². The number of thiophene rings is 4. The van der Waals surface area contributed by atoms with Crippen molar-refractivity contribution in [1.29, 1.82) is 0 Å². The summed E-state index contributed by atoms with van der Waals surface area (Å²) in [7, 11) is 0. The van der Waals surface area contributed by atoms with Crippen LogP contribution in [0.25, 0.3) is 50.1 Å². The molecule has 4 heterocycles. The highest BCUT2D eigenvalue weighted by atomic mass is 79.9. The fourth-order valence-corrected chi connectivity index (χ4v) is 12.0. The van der Waals surface area contributed by atoms with Gasteiger partial charge in [-0.15, -0.1) is 45.3 Å². The summed E-state index contributed by atoms with van der Waals surface area (Å²) in [4.78, 5) is 11.2. The van der Waals surface area contributed by atoms with E-state index in [-0.39, 0.29) is 0 Å². The molecule has 0 bridgehead atoms. The van der Waals surface area contributed by atoms with Gasteiger partial charge in [-0.1, -0.05) is 115 Å². The van der Waals surface area contributed by atoms with E-state index in [2.05, 4.69) is 131 Å². The van der Waals surface area contributed by atoms with Crippen molar-refractivity contribution in [3.63, 3.8) is 0 Å². The predicted octanol–water partition coefficient (Wildman–Crippen LogP) is 16.0. The van der Waals surface area contributed by atoms with Crippen LogP contribution in [0.3, 0.4) is 0 Å². The molecule has 6 aromatic rings. The van der Waals surface area contributed by atoms with Crippen LogP contribution in [0.4, 0.5) is 0 Å². The van der Waals surface area contributed by atoms with Gasteiger partial charge in [-0.05, 0) is 103 Å². The lowest BCUT2D eigenvalue weighted by Gasteiger charge is -2.02. The zero-order valence-electron chi connectivity index (χ0n) is 26.5. The fraction of sp³-hybridized carbons (Fsp3) is 0.300. The second kappa shape index (κ2) is 16.5. The van der Waals surface area contributed by atoms with Crippen LogP contribution in [-0.4, -0.2) is 0 Å². The molecule has 0 fully saturated rings. The lowest BCUT2D eigenvalue weighted by atomic mass is 10.0. The maximum absolute atomic E-state index is 3.70. The Morgan fingerprint density at radius 1 is 0.435 bits per heavy atom. The van der Waals surface area contributed by atoms with Crippen molar-refractivity contribution in [1.82, 2.24) is 0 Å². The highest BCUT2D eigenvalue weighted by Crippen LogP contribution is 2.48. The lowest BCUT2D eigenvalue weighted by molar-refractivity contribution is 0.668.